The molecule has 0 fully saturated rings. The third-order valence-electron chi connectivity index (χ3n) is 2.55. The Labute approximate surface area is 109 Å². The number of carbonyl (C=O) groups is 2. The molecule has 7 nitrogen and oxygen atoms in total. The van der Waals surface area contributed by atoms with E-state index < -0.39 is 27.2 Å². The number of hydrogen-bond acceptors (Lipinski definition) is 4. The van der Waals surface area contributed by atoms with E-state index in [9.17, 15) is 18.0 Å². The topological polar surface area (TPSA) is 105 Å². The van der Waals surface area contributed by atoms with E-state index in [1.165, 1.54) is 0 Å². The zero-order chi connectivity index (χ0) is 14.0. The van der Waals surface area contributed by atoms with Crippen molar-refractivity contribution >= 4 is 33.9 Å². The molecule has 1 heterocycles. The molecule has 2 N–H and O–H groups in total. The maximum Gasteiger partial charge on any atom is 0.347 e. The lowest BCUT2D eigenvalue weighted by Gasteiger charge is -2.17. The molecule has 1 atom stereocenters. The van der Waals surface area contributed by atoms with Gasteiger partial charge in [-0.1, -0.05) is 18.2 Å². The molecule has 8 heteroatoms. The van der Waals surface area contributed by atoms with Crippen molar-refractivity contribution in [1.29, 1.82) is 0 Å². The van der Waals surface area contributed by atoms with Gasteiger partial charge in [0.15, 0.2) is 5.25 Å². The van der Waals surface area contributed by atoms with Crippen molar-refractivity contribution < 1.29 is 18.0 Å². The van der Waals surface area contributed by atoms with Crippen LogP contribution in [-0.4, -0.2) is 31.8 Å². The molecule has 0 spiro atoms. The molecule has 0 aromatic heterocycles. The zero-order valence-corrected chi connectivity index (χ0v) is 10.8. The molecule has 1 aromatic rings. The van der Waals surface area contributed by atoms with E-state index in [0.29, 0.717) is 5.69 Å². The second kappa shape index (κ2) is 4.81. The van der Waals surface area contributed by atoms with E-state index in [1.54, 1.807) is 31.2 Å². The predicted molar refractivity (Wildman–Crippen MR) is 69.5 cm³/mol. The normalized spacial score (nSPS) is 19.1. The van der Waals surface area contributed by atoms with Gasteiger partial charge in [-0.2, -0.15) is 0 Å². The summed E-state index contributed by atoms with van der Waals surface area (Å²) in [7, 11) is -4.00. The van der Waals surface area contributed by atoms with E-state index in [2.05, 4.69) is 9.71 Å². The quantitative estimate of drug-likeness (QED) is 0.837. The van der Waals surface area contributed by atoms with Gasteiger partial charge in [-0.25, -0.2) is 18.2 Å². The zero-order valence-electron chi connectivity index (χ0n) is 9.95. The highest BCUT2D eigenvalue weighted by Crippen LogP contribution is 2.17. The number of amides is 3. The fraction of sp³-hybridized carbons (Fsp3) is 0.182. The molecule has 0 bridgehead atoms. The Morgan fingerprint density at radius 2 is 1.95 bits per heavy atom. The summed E-state index contributed by atoms with van der Waals surface area (Å²) in [5.41, 5.74) is 1.09. The molecule has 1 aromatic carbocycles. The van der Waals surface area contributed by atoms with Crippen LogP contribution in [0.15, 0.2) is 29.3 Å². The number of nitrogens with one attached hydrogen (secondary N) is 2. The van der Waals surface area contributed by atoms with Crippen LogP contribution >= 0.6 is 0 Å². The van der Waals surface area contributed by atoms with Crippen LogP contribution in [0, 0.1) is 6.92 Å². The summed E-state index contributed by atoms with van der Waals surface area (Å²) in [6.07, 6.45) is 0.821. The Balaban J connectivity index is 2.29. The first-order chi connectivity index (χ1) is 8.90. The Bertz CT molecular complexity index is 666. The number of nitrogens with zero attached hydrogens (tertiary/aromatic N) is 1. The lowest BCUT2D eigenvalue weighted by molar-refractivity contribution is -0.118. The first kappa shape index (κ1) is 13.2. The fourth-order valence-electron chi connectivity index (χ4n) is 1.54. The number of sulfonamides is 1. The second-order valence-electron chi connectivity index (χ2n) is 3.96. The molecule has 0 saturated heterocycles. The predicted octanol–water partition coefficient (Wildman–Crippen LogP) is 0.426. The van der Waals surface area contributed by atoms with E-state index in [0.717, 1.165) is 11.8 Å². The van der Waals surface area contributed by atoms with E-state index >= 15 is 0 Å². The van der Waals surface area contributed by atoms with E-state index in [4.69, 9.17) is 0 Å². The highest BCUT2D eigenvalue weighted by molar-refractivity contribution is 7.94. The molecule has 19 heavy (non-hydrogen) atoms. The van der Waals surface area contributed by atoms with Crippen molar-refractivity contribution in [2.24, 2.45) is 4.99 Å². The largest absolute Gasteiger partial charge is 0.347 e. The first-order valence-corrected chi connectivity index (χ1v) is 6.91. The van der Waals surface area contributed by atoms with Crippen molar-refractivity contribution in [2.75, 3.05) is 4.72 Å². The number of anilines is 1. The van der Waals surface area contributed by atoms with Crippen molar-refractivity contribution in [2.45, 2.75) is 12.2 Å². The van der Waals surface area contributed by atoms with Crippen LogP contribution in [0.25, 0.3) is 0 Å². The maximum atomic E-state index is 12.0. The van der Waals surface area contributed by atoms with Gasteiger partial charge < -0.3 is 0 Å². The standard InChI is InChI=1S/C11H11N3O4S/c1-7-4-2-3-5-8(7)14-19(17,18)9-6-12-11(16)13-10(9)15/h2-6,9,14H,1H3,(H,13,15,16). The molecule has 3 amide bonds. The summed E-state index contributed by atoms with van der Waals surface area (Å²) in [6.45, 7) is 1.73. The van der Waals surface area contributed by atoms with Crippen molar-refractivity contribution in [3.05, 3.63) is 29.8 Å². The summed E-state index contributed by atoms with van der Waals surface area (Å²) >= 11 is 0. The molecule has 0 saturated carbocycles. The minimum atomic E-state index is -4.00. The number of benzene rings is 1. The summed E-state index contributed by atoms with van der Waals surface area (Å²) in [6, 6.07) is 5.88. The molecular weight excluding hydrogens is 270 g/mol. The number of carbonyl (C=O) groups excluding carboxylic acids is 2. The van der Waals surface area contributed by atoms with Gasteiger partial charge in [0.25, 0.3) is 5.91 Å². The average molecular weight is 281 g/mol. The van der Waals surface area contributed by atoms with Gasteiger partial charge in [0.05, 0.1) is 5.69 Å². The molecule has 0 radical (unpaired) electrons. The minimum Gasteiger partial charge on any atom is -0.282 e. The number of hydrogen-bond donors (Lipinski definition) is 2. The Morgan fingerprint density at radius 1 is 1.26 bits per heavy atom. The molecule has 1 aliphatic heterocycles. The Kier molecular flexibility index (Phi) is 3.34. The van der Waals surface area contributed by atoms with Gasteiger partial charge in [0, 0.05) is 6.21 Å². The van der Waals surface area contributed by atoms with Crippen LogP contribution in [0.3, 0.4) is 0 Å². The Morgan fingerprint density at radius 3 is 2.58 bits per heavy atom. The van der Waals surface area contributed by atoms with Crippen LogP contribution in [0.1, 0.15) is 5.56 Å². The third-order valence-corrected chi connectivity index (χ3v) is 4.06. The van der Waals surface area contributed by atoms with Gasteiger partial charge >= 0.3 is 6.03 Å². The minimum absolute atomic E-state index is 0.376. The van der Waals surface area contributed by atoms with Crippen LogP contribution in [0.2, 0.25) is 0 Å². The number of urea groups is 1. The molecule has 1 unspecified atom stereocenters. The van der Waals surface area contributed by atoms with Crippen LogP contribution in [0.5, 0.6) is 0 Å². The molecule has 100 valence electrons. The van der Waals surface area contributed by atoms with Gasteiger partial charge in [-0.05, 0) is 18.6 Å². The number of aliphatic imine (C=N–C) groups is 1. The van der Waals surface area contributed by atoms with Crippen molar-refractivity contribution in [1.82, 2.24) is 5.32 Å². The average Bonchev–Trinajstić information content (AvgIpc) is 2.31. The van der Waals surface area contributed by atoms with Crippen LogP contribution in [0.4, 0.5) is 10.5 Å². The summed E-state index contributed by atoms with van der Waals surface area (Å²) in [5.74, 6) is -0.916. The van der Waals surface area contributed by atoms with Crippen molar-refractivity contribution in [3.63, 3.8) is 0 Å². The van der Waals surface area contributed by atoms with Gasteiger partial charge in [0.1, 0.15) is 0 Å². The first-order valence-electron chi connectivity index (χ1n) is 5.36. The number of aryl methyl sites for hydroxylation is 1. The molecular formula is C11H11N3O4S. The summed E-state index contributed by atoms with van der Waals surface area (Å²) in [5, 5.41) is 0.318. The van der Waals surface area contributed by atoms with Crippen molar-refractivity contribution in [3.8, 4) is 0 Å². The smallest absolute Gasteiger partial charge is 0.282 e. The monoisotopic (exact) mass is 281 g/mol. The molecule has 1 aliphatic rings. The number of rotatable bonds is 3. The van der Waals surface area contributed by atoms with Gasteiger partial charge in [-0.3, -0.25) is 14.8 Å². The molecule has 2 rings (SSSR count). The Hall–Kier alpha value is -2.22. The second-order valence-corrected chi connectivity index (χ2v) is 5.76. The van der Waals surface area contributed by atoms with Crippen LogP contribution < -0.4 is 10.0 Å². The van der Waals surface area contributed by atoms with E-state index in [-0.39, 0.29) is 0 Å². The lowest BCUT2D eigenvalue weighted by atomic mass is 10.2. The lowest BCUT2D eigenvalue weighted by Crippen LogP contribution is -2.48. The summed E-state index contributed by atoms with van der Waals surface area (Å²) in [4.78, 5) is 25.6. The maximum absolute atomic E-state index is 12.0. The van der Waals surface area contributed by atoms with Gasteiger partial charge in [-0.15, -0.1) is 0 Å². The van der Waals surface area contributed by atoms with Crippen LogP contribution in [-0.2, 0) is 14.8 Å². The summed E-state index contributed by atoms with van der Waals surface area (Å²) < 4.78 is 26.4. The van der Waals surface area contributed by atoms with E-state index in [1.807, 2.05) is 5.32 Å². The number of imide groups is 1. The SMILES string of the molecule is Cc1ccccc1NS(=O)(=O)C1C=NC(=O)NC1=O. The fourth-order valence-corrected chi connectivity index (χ4v) is 2.76. The third kappa shape index (κ3) is 2.79. The molecule has 0 aliphatic carbocycles. The highest BCUT2D eigenvalue weighted by Gasteiger charge is 2.35. The highest BCUT2D eigenvalue weighted by atomic mass is 32.2. The number of para-hydroxylation sites is 1. The van der Waals surface area contributed by atoms with Gasteiger partial charge in [0.2, 0.25) is 10.0 Å².